The Balaban J connectivity index is 5.40. The summed E-state index contributed by atoms with van der Waals surface area (Å²) in [7, 11) is -9.96. The number of aliphatic hydroxyl groups excluding tert-OH is 1. The Kier molecular flexibility index (Phi) is 68.9. The van der Waals surface area contributed by atoms with Crippen LogP contribution in [0.25, 0.3) is 0 Å². The van der Waals surface area contributed by atoms with Crippen molar-refractivity contribution >= 4 is 39.5 Å². The monoisotopic (exact) mass is 1420 g/mol. The number of ether oxygens (including phenoxy) is 4. The van der Waals surface area contributed by atoms with Gasteiger partial charge in [0.1, 0.15) is 19.3 Å². The lowest BCUT2D eigenvalue weighted by molar-refractivity contribution is -0.161. The third kappa shape index (κ3) is 70.7. The summed E-state index contributed by atoms with van der Waals surface area (Å²) >= 11 is 0. The fourth-order valence-electron chi connectivity index (χ4n) is 10.4. The Morgan fingerprint density at radius 3 is 0.847 bits per heavy atom. The van der Waals surface area contributed by atoms with Gasteiger partial charge in [0.2, 0.25) is 0 Å². The number of carbonyl (C=O) groups excluding carboxylic acids is 4. The second-order valence-corrected chi connectivity index (χ2v) is 28.9. The lowest BCUT2D eigenvalue weighted by Gasteiger charge is -2.21. The summed E-state index contributed by atoms with van der Waals surface area (Å²) in [6.07, 6.45) is 72.9. The van der Waals surface area contributed by atoms with Gasteiger partial charge in [0.15, 0.2) is 12.2 Å². The minimum atomic E-state index is -4.99. The summed E-state index contributed by atoms with van der Waals surface area (Å²) < 4.78 is 68.4. The predicted octanol–water partition coefficient (Wildman–Crippen LogP) is 22.2. The van der Waals surface area contributed by atoms with E-state index in [0.29, 0.717) is 32.1 Å². The summed E-state index contributed by atoms with van der Waals surface area (Å²) in [5, 5.41) is 10.6. The van der Waals surface area contributed by atoms with Crippen molar-refractivity contribution in [2.45, 2.75) is 354 Å². The number of hydrogen-bond donors (Lipinski definition) is 3. The third-order valence-corrected chi connectivity index (χ3v) is 18.2. The lowest BCUT2D eigenvalue weighted by atomic mass is 10.0. The van der Waals surface area contributed by atoms with Crippen LogP contribution in [0.3, 0.4) is 0 Å². The van der Waals surface area contributed by atoms with Gasteiger partial charge in [-0.3, -0.25) is 37.3 Å². The minimum Gasteiger partial charge on any atom is -0.462 e. The molecule has 19 heteroatoms. The van der Waals surface area contributed by atoms with Crippen LogP contribution >= 0.6 is 15.6 Å². The van der Waals surface area contributed by atoms with Gasteiger partial charge >= 0.3 is 39.5 Å². The molecule has 98 heavy (non-hydrogen) atoms. The Morgan fingerprint density at radius 1 is 0.286 bits per heavy atom. The van der Waals surface area contributed by atoms with E-state index in [0.717, 1.165) is 128 Å². The van der Waals surface area contributed by atoms with Crippen LogP contribution in [0, 0.1) is 0 Å². The number of rotatable bonds is 73. The zero-order valence-corrected chi connectivity index (χ0v) is 63.7. The normalized spacial score (nSPS) is 14.4. The molecule has 0 aromatic heterocycles. The van der Waals surface area contributed by atoms with Gasteiger partial charge in [0, 0.05) is 25.7 Å². The topological polar surface area (TPSA) is 237 Å². The van der Waals surface area contributed by atoms with Gasteiger partial charge < -0.3 is 33.8 Å². The molecule has 2 unspecified atom stereocenters. The number of unbranched alkanes of at least 4 members (excludes halogenated alkanes) is 33. The highest BCUT2D eigenvalue weighted by atomic mass is 31.2. The molecule has 0 aliphatic heterocycles. The zero-order valence-electron chi connectivity index (χ0n) is 62.0. The van der Waals surface area contributed by atoms with Gasteiger partial charge in [-0.05, 0) is 122 Å². The van der Waals surface area contributed by atoms with Gasteiger partial charge in [-0.2, -0.15) is 0 Å². The first-order valence-electron chi connectivity index (χ1n) is 38.8. The van der Waals surface area contributed by atoms with Crippen LogP contribution in [0.1, 0.15) is 336 Å². The van der Waals surface area contributed by atoms with E-state index in [9.17, 15) is 43.2 Å². The van der Waals surface area contributed by atoms with Crippen molar-refractivity contribution in [3.05, 3.63) is 85.1 Å². The first kappa shape index (κ1) is 94.2. The number of allylic oxidation sites excluding steroid dienone is 14. The van der Waals surface area contributed by atoms with Gasteiger partial charge in [0.25, 0.3) is 0 Å². The Hall–Kier alpha value is -3.76. The number of esters is 4. The van der Waals surface area contributed by atoms with Gasteiger partial charge in [-0.15, -0.1) is 0 Å². The standard InChI is InChI=1S/C79H140O17P2/c1-5-9-13-17-21-25-29-33-35-36-38-42-46-50-54-58-62-66-79(84)96-75(70-90-77(82)64-60-56-52-48-44-41-37-34-30-26-22-18-14-10-6-2)72-94-98(87,88)92-68-73(80)67-91-97(85,86)93-71-74(95-78(83)65-61-57-53-49-45-40-32-28-24-20-16-12-8-4)69-89-76(81)63-59-55-51-47-43-39-31-27-23-19-15-11-7-3/h21-22,25-26,28,32-35,37-38,42,50,54,73-75,80H,5-20,23-24,27,29-31,36,39-41,43-49,51-53,55-72H2,1-4H3,(H,85,86)(H,87,88)/b25-21-,26-22-,32-28-,35-33-,37-34-,42-38-,54-50-/t73-,74-,75-/m1/s1. The summed E-state index contributed by atoms with van der Waals surface area (Å²) in [6, 6.07) is 0. The van der Waals surface area contributed by atoms with Crippen molar-refractivity contribution in [2.75, 3.05) is 39.6 Å². The Bertz CT molecular complexity index is 2190. The molecule has 0 bridgehead atoms. The summed E-state index contributed by atoms with van der Waals surface area (Å²) in [6.45, 7) is 4.75. The van der Waals surface area contributed by atoms with E-state index in [1.165, 1.54) is 122 Å². The molecule has 0 rings (SSSR count). The SMILES string of the molecule is CCCCC/C=C\C/C=C\C/C=C\C/C=C\CCCC(=O)O[C@H](COC(=O)CCCCCCC/C=C\C/C=C\CCCCC)COP(=O)(O)OC[C@H](O)COP(=O)(O)OC[C@@H](COC(=O)CCCCCCCCCCCCCCC)OC(=O)CCCCCCC/C=C\CCCCCC. The molecule has 5 atom stereocenters. The van der Waals surface area contributed by atoms with Crippen LogP contribution in [0.5, 0.6) is 0 Å². The van der Waals surface area contributed by atoms with Gasteiger partial charge in [-0.1, -0.05) is 273 Å². The van der Waals surface area contributed by atoms with Crippen LogP contribution in [0.2, 0.25) is 0 Å². The third-order valence-electron chi connectivity index (χ3n) is 16.3. The molecule has 0 aliphatic carbocycles. The summed E-state index contributed by atoms with van der Waals surface area (Å²) in [5.74, 6) is -2.25. The van der Waals surface area contributed by atoms with E-state index in [4.69, 9.17) is 37.0 Å². The molecule has 0 fully saturated rings. The maximum atomic E-state index is 13.1. The zero-order chi connectivity index (χ0) is 71.8. The molecule has 568 valence electrons. The van der Waals surface area contributed by atoms with E-state index in [-0.39, 0.29) is 25.7 Å². The van der Waals surface area contributed by atoms with E-state index in [1.54, 1.807) is 0 Å². The fourth-order valence-corrected chi connectivity index (χ4v) is 11.9. The molecule has 0 amide bonds. The smallest absolute Gasteiger partial charge is 0.462 e. The van der Waals surface area contributed by atoms with Crippen molar-refractivity contribution in [3.8, 4) is 0 Å². The van der Waals surface area contributed by atoms with Gasteiger partial charge in [0.05, 0.1) is 26.4 Å². The number of aliphatic hydroxyl groups is 1. The van der Waals surface area contributed by atoms with E-state index in [1.807, 2.05) is 12.2 Å². The van der Waals surface area contributed by atoms with E-state index < -0.39 is 97.5 Å². The molecule has 17 nitrogen and oxygen atoms in total. The number of carbonyl (C=O) groups is 4. The Morgan fingerprint density at radius 2 is 0.510 bits per heavy atom. The molecule has 3 N–H and O–H groups in total. The largest absolute Gasteiger partial charge is 0.472 e. The molecule has 0 aromatic carbocycles. The first-order chi connectivity index (χ1) is 47.7. The van der Waals surface area contributed by atoms with Crippen molar-refractivity contribution in [1.82, 2.24) is 0 Å². The first-order valence-corrected chi connectivity index (χ1v) is 41.8. The second-order valence-electron chi connectivity index (χ2n) is 25.9. The molecule has 0 saturated carbocycles. The van der Waals surface area contributed by atoms with Crippen LogP contribution in [-0.4, -0.2) is 96.7 Å². The Labute approximate surface area is 595 Å². The summed E-state index contributed by atoms with van der Waals surface area (Å²) in [5.41, 5.74) is 0. The van der Waals surface area contributed by atoms with Crippen molar-refractivity contribution < 1.29 is 80.2 Å². The second kappa shape index (κ2) is 71.6. The van der Waals surface area contributed by atoms with Crippen molar-refractivity contribution in [3.63, 3.8) is 0 Å². The minimum absolute atomic E-state index is 0.0171. The molecule has 0 aromatic rings. The average Bonchev–Trinajstić information content (AvgIpc) is 1.02. The number of phosphoric ester groups is 2. The van der Waals surface area contributed by atoms with Crippen LogP contribution in [0.15, 0.2) is 85.1 Å². The average molecular weight is 1420 g/mol. The number of hydrogen-bond acceptors (Lipinski definition) is 15. The molecule has 0 heterocycles. The highest BCUT2D eigenvalue weighted by Gasteiger charge is 2.30. The number of phosphoric acid groups is 2. The summed E-state index contributed by atoms with van der Waals surface area (Å²) in [4.78, 5) is 72.8. The van der Waals surface area contributed by atoms with Crippen LogP contribution in [-0.2, 0) is 65.4 Å². The quantitative estimate of drug-likeness (QED) is 0.0169. The van der Waals surface area contributed by atoms with E-state index in [2.05, 4.69) is 101 Å². The molecule has 0 spiro atoms. The molecular weight excluding hydrogens is 1280 g/mol. The molecule has 0 aliphatic rings. The lowest BCUT2D eigenvalue weighted by Crippen LogP contribution is -2.30. The van der Waals surface area contributed by atoms with Crippen molar-refractivity contribution in [1.29, 1.82) is 0 Å². The predicted molar refractivity (Wildman–Crippen MR) is 399 cm³/mol. The van der Waals surface area contributed by atoms with E-state index >= 15 is 0 Å². The fraction of sp³-hybridized carbons (Fsp3) is 0.772. The molecule has 0 radical (unpaired) electrons. The highest BCUT2D eigenvalue weighted by Crippen LogP contribution is 2.45. The highest BCUT2D eigenvalue weighted by molar-refractivity contribution is 7.47. The van der Waals surface area contributed by atoms with Crippen LogP contribution < -0.4 is 0 Å². The van der Waals surface area contributed by atoms with Crippen LogP contribution in [0.4, 0.5) is 0 Å². The van der Waals surface area contributed by atoms with Crippen molar-refractivity contribution in [2.24, 2.45) is 0 Å². The maximum Gasteiger partial charge on any atom is 0.472 e. The molecular formula is C79H140O17P2. The van der Waals surface area contributed by atoms with Gasteiger partial charge in [-0.25, -0.2) is 9.13 Å². The maximum absolute atomic E-state index is 13.1. The molecule has 0 saturated heterocycles.